The molecule has 8 heteroatoms. The van der Waals surface area contributed by atoms with E-state index in [1.807, 2.05) is 42.5 Å². The fourth-order valence-electron chi connectivity index (χ4n) is 3.20. The molecule has 4 aromatic rings. The summed E-state index contributed by atoms with van der Waals surface area (Å²) in [6, 6.07) is 22.6. The maximum atomic E-state index is 13.6. The second-order valence-electron chi connectivity index (χ2n) is 6.98. The highest BCUT2D eigenvalue weighted by atomic mass is 32.2. The molecule has 2 aromatic heterocycles. The number of hydrogen-bond acceptors (Lipinski definition) is 5. The molecule has 2 aromatic carbocycles. The zero-order valence-electron chi connectivity index (χ0n) is 17.0. The summed E-state index contributed by atoms with van der Waals surface area (Å²) in [6.07, 6.45) is -4.72. The van der Waals surface area contributed by atoms with Crippen molar-refractivity contribution in [2.75, 3.05) is 5.75 Å². The minimum absolute atomic E-state index is 0.106. The maximum absolute atomic E-state index is 13.6. The smallest absolute Gasteiger partial charge is 0.293 e. The number of nitriles is 1. The van der Waals surface area contributed by atoms with Gasteiger partial charge in [0, 0.05) is 5.56 Å². The van der Waals surface area contributed by atoms with E-state index in [2.05, 4.69) is 4.98 Å². The molecule has 33 heavy (non-hydrogen) atoms. The van der Waals surface area contributed by atoms with Gasteiger partial charge >= 0.3 is 6.18 Å². The van der Waals surface area contributed by atoms with Gasteiger partial charge in [0.25, 0.3) is 0 Å². The maximum Gasteiger partial charge on any atom is 0.417 e. The number of benzene rings is 2. The third-order valence-electron chi connectivity index (χ3n) is 4.83. The first-order valence-corrected chi connectivity index (χ1v) is 11.6. The molecule has 0 atom stereocenters. The average molecular weight is 481 g/mol. The van der Waals surface area contributed by atoms with E-state index >= 15 is 0 Å². The van der Waals surface area contributed by atoms with Gasteiger partial charge in [-0.25, -0.2) is 4.98 Å². The lowest BCUT2D eigenvalue weighted by Gasteiger charge is -2.13. The fourth-order valence-corrected chi connectivity index (χ4v) is 4.79. The molecule has 0 aliphatic heterocycles. The number of aromatic nitrogens is 1. The Labute approximate surface area is 196 Å². The van der Waals surface area contributed by atoms with E-state index in [-0.39, 0.29) is 22.3 Å². The molecule has 0 saturated heterocycles. The van der Waals surface area contributed by atoms with Crippen LogP contribution in [-0.4, -0.2) is 16.5 Å². The van der Waals surface area contributed by atoms with E-state index in [1.165, 1.54) is 11.3 Å². The number of alkyl halides is 3. The van der Waals surface area contributed by atoms with E-state index in [9.17, 15) is 23.2 Å². The van der Waals surface area contributed by atoms with Gasteiger partial charge in [0.15, 0.2) is 5.78 Å². The first kappa shape index (κ1) is 22.8. The Morgan fingerprint density at radius 2 is 1.70 bits per heavy atom. The zero-order chi connectivity index (χ0) is 23.4. The van der Waals surface area contributed by atoms with Gasteiger partial charge in [-0.1, -0.05) is 72.4 Å². The normalized spacial score (nSPS) is 11.2. The minimum Gasteiger partial charge on any atom is -0.293 e. The summed E-state index contributed by atoms with van der Waals surface area (Å²) in [7, 11) is 0. The Morgan fingerprint density at radius 3 is 2.30 bits per heavy atom. The molecule has 0 amide bonds. The summed E-state index contributed by atoms with van der Waals surface area (Å²) in [5.41, 5.74) is 0.903. The minimum atomic E-state index is -4.72. The van der Waals surface area contributed by atoms with Crippen LogP contribution in [0.1, 0.15) is 21.5 Å². The summed E-state index contributed by atoms with van der Waals surface area (Å²) in [4.78, 5) is 17.5. The van der Waals surface area contributed by atoms with Crippen LogP contribution >= 0.6 is 23.1 Å². The van der Waals surface area contributed by atoms with Crippen molar-refractivity contribution in [1.82, 2.24) is 4.98 Å². The summed E-state index contributed by atoms with van der Waals surface area (Å²) in [5, 5.41) is 11.0. The lowest BCUT2D eigenvalue weighted by Crippen LogP contribution is -2.11. The predicted molar refractivity (Wildman–Crippen MR) is 124 cm³/mol. The molecule has 0 spiro atoms. The van der Waals surface area contributed by atoms with Crippen LogP contribution in [0.3, 0.4) is 0 Å². The van der Waals surface area contributed by atoms with Crippen LogP contribution in [0.2, 0.25) is 0 Å². The van der Waals surface area contributed by atoms with Crippen LogP contribution in [0.25, 0.3) is 21.7 Å². The van der Waals surface area contributed by atoms with Gasteiger partial charge in [-0.3, -0.25) is 4.79 Å². The van der Waals surface area contributed by atoms with Crippen LogP contribution in [-0.2, 0) is 6.18 Å². The van der Waals surface area contributed by atoms with Gasteiger partial charge in [-0.05, 0) is 28.6 Å². The molecule has 0 aliphatic carbocycles. The lowest BCUT2D eigenvalue weighted by molar-refractivity contribution is -0.138. The van der Waals surface area contributed by atoms with Crippen molar-refractivity contribution in [3.8, 4) is 27.8 Å². The number of rotatable bonds is 6. The van der Waals surface area contributed by atoms with E-state index in [4.69, 9.17) is 0 Å². The van der Waals surface area contributed by atoms with Crippen molar-refractivity contribution in [3.63, 3.8) is 0 Å². The Kier molecular flexibility index (Phi) is 6.63. The SMILES string of the molecule is N#Cc1c(C(F)(F)F)cc(-c2cccs2)nc1SCC(=O)c1ccc(-c2ccccc2)cc1. The summed E-state index contributed by atoms with van der Waals surface area (Å²) < 4.78 is 40.9. The van der Waals surface area contributed by atoms with Gasteiger partial charge in [-0.2, -0.15) is 18.4 Å². The van der Waals surface area contributed by atoms with Crippen molar-refractivity contribution < 1.29 is 18.0 Å². The van der Waals surface area contributed by atoms with E-state index in [0.717, 1.165) is 29.0 Å². The number of carbonyl (C=O) groups is 1. The van der Waals surface area contributed by atoms with E-state index in [1.54, 1.807) is 35.7 Å². The van der Waals surface area contributed by atoms with Crippen LogP contribution in [0.15, 0.2) is 83.2 Å². The number of ketones is 1. The number of pyridine rings is 1. The molecule has 0 bridgehead atoms. The van der Waals surface area contributed by atoms with Gasteiger partial charge in [0.05, 0.1) is 27.5 Å². The quantitative estimate of drug-likeness (QED) is 0.214. The molecule has 0 fully saturated rings. The van der Waals surface area contributed by atoms with Crippen molar-refractivity contribution in [1.29, 1.82) is 5.26 Å². The molecule has 2 heterocycles. The van der Waals surface area contributed by atoms with Crippen molar-refractivity contribution in [2.24, 2.45) is 0 Å². The predicted octanol–water partition coefficient (Wildman–Crippen LogP) is 7.34. The molecule has 0 unspecified atom stereocenters. The zero-order valence-corrected chi connectivity index (χ0v) is 18.6. The largest absolute Gasteiger partial charge is 0.417 e. The number of thiophene rings is 1. The van der Waals surface area contributed by atoms with E-state index < -0.39 is 17.3 Å². The fraction of sp³-hybridized carbons (Fsp3) is 0.0800. The van der Waals surface area contributed by atoms with Crippen LogP contribution < -0.4 is 0 Å². The van der Waals surface area contributed by atoms with Crippen molar-refractivity contribution >= 4 is 28.9 Å². The summed E-state index contributed by atoms with van der Waals surface area (Å²) >= 11 is 2.09. The number of Topliss-reactive ketones (excluding diaryl/α,β-unsaturated/α-hetero) is 1. The molecule has 0 radical (unpaired) electrons. The molecule has 164 valence electrons. The molecule has 4 rings (SSSR count). The van der Waals surface area contributed by atoms with Crippen molar-refractivity contribution in [3.05, 3.63) is 94.9 Å². The highest BCUT2D eigenvalue weighted by Gasteiger charge is 2.36. The standard InChI is InChI=1S/C25H15F3N2OS2/c26-25(27,28)20-13-21(23-7-4-12-32-23)30-24(19(20)14-29)33-15-22(31)18-10-8-17(9-11-18)16-5-2-1-3-6-16/h1-13H,15H2. The molecular weight excluding hydrogens is 465 g/mol. The Hall–Kier alpha value is -3.41. The van der Waals surface area contributed by atoms with Gasteiger partial charge in [-0.15, -0.1) is 11.3 Å². The van der Waals surface area contributed by atoms with Gasteiger partial charge in [0.2, 0.25) is 0 Å². The van der Waals surface area contributed by atoms with Gasteiger partial charge in [0.1, 0.15) is 11.1 Å². The number of thioether (sulfide) groups is 1. The summed E-state index contributed by atoms with van der Waals surface area (Å²) in [5.74, 6) is -0.405. The highest BCUT2D eigenvalue weighted by Crippen LogP contribution is 2.38. The molecular formula is C25H15F3N2OS2. The van der Waals surface area contributed by atoms with Crippen LogP contribution in [0.5, 0.6) is 0 Å². The third kappa shape index (κ3) is 5.16. The number of carbonyl (C=O) groups excluding carboxylic acids is 1. The third-order valence-corrected chi connectivity index (χ3v) is 6.70. The average Bonchev–Trinajstić information content (AvgIpc) is 3.37. The topological polar surface area (TPSA) is 53.8 Å². The second-order valence-corrected chi connectivity index (χ2v) is 8.89. The molecule has 3 nitrogen and oxygen atoms in total. The van der Waals surface area contributed by atoms with Crippen LogP contribution in [0, 0.1) is 11.3 Å². The molecule has 0 aliphatic rings. The van der Waals surface area contributed by atoms with Crippen LogP contribution in [0.4, 0.5) is 13.2 Å². The first-order chi connectivity index (χ1) is 15.9. The monoisotopic (exact) mass is 480 g/mol. The van der Waals surface area contributed by atoms with E-state index in [0.29, 0.717) is 10.4 Å². The Balaban J connectivity index is 1.59. The number of hydrogen-bond donors (Lipinski definition) is 0. The molecule has 0 saturated carbocycles. The highest BCUT2D eigenvalue weighted by molar-refractivity contribution is 8.00. The number of nitrogens with zero attached hydrogens (tertiary/aromatic N) is 2. The lowest BCUT2D eigenvalue weighted by atomic mass is 10.0. The first-order valence-electron chi connectivity index (χ1n) is 9.74. The van der Waals surface area contributed by atoms with Crippen molar-refractivity contribution in [2.45, 2.75) is 11.2 Å². The second kappa shape index (κ2) is 9.61. The Bertz CT molecular complexity index is 1310. The Morgan fingerprint density at radius 1 is 1.00 bits per heavy atom. The van der Waals surface area contributed by atoms with Gasteiger partial charge < -0.3 is 0 Å². The molecule has 0 N–H and O–H groups in total. The number of halogens is 3. The summed E-state index contributed by atoms with van der Waals surface area (Å²) in [6.45, 7) is 0.